The molecule has 1 heterocycles. The lowest BCUT2D eigenvalue weighted by atomic mass is 9.97. The summed E-state index contributed by atoms with van der Waals surface area (Å²) in [5.74, 6) is 0.689. The van der Waals surface area contributed by atoms with Crippen LogP contribution in [-0.2, 0) is 11.3 Å². The third-order valence-electron chi connectivity index (χ3n) is 4.78. The summed E-state index contributed by atoms with van der Waals surface area (Å²) in [6.45, 7) is 6.30. The number of nitrogens with one attached hydrogen (secondary N) is 1. The SMILES string of the molecule is CC(CC(=O)N(Cc1nc2ccccc2c(=O)[nH]1)C(C)C)c1ccccc1. The molecule has 1 amide bonds. The summed E-state index contributed by atoms with van der Waals surface area (Å²) in [6.07, 6.45) is 0.417. The predicted octanol–water partition coefficient (Wildman–Crippen LogP) is 3.85. The van der Waals surface area contributed by atoms with Gasteiger partial charge in [-0.2, -0.15) is 0 Å². The Balaban J connectivity index is 1.79. The minimum atomic E-state index is -0.176. The first kappa shape index (κ1) is 18.8. The molecule has 0 aliphatic rings. The lowest BCUT2D eigenvalue weighted by Crippen LogP contribution is -2.38. The van der Waals surface area contributed by atoms with Gasteiger partial charge < -0.3 is 9.88 Å². The van der Waals surface area contributed by atoms with Gasteiger partial charge in [-0.25, -0.2) is 4.98 Å². The number of amides is 1. The van der Waals surface area contributed by atoms with Gasteiger partial charge in [0.25, 0.3) is 5.56 Å². The fourth-order valence-electron chi connectivity index (χ4n) is 3.21. The summed E-state index contributed by atoms with van der Waals surface area (Å²) in [5.41, 5.74) is 1.61. The molecule has 5 heteroatoms. The van der Waals surface area contributed by atoms with E-state index in [0.717, 1.165) is 5.56 Å². The predicted molar refractivity (Wildman–Crippen MR) is 108 cm³/mol. The van der Waals surface area contributed by atoms with Crippen molar-refractivity contribution >= 4 is 16.8 Å². The van der Waals surface area contributed by atoms with Gasteiger partial charge in [-0.05, 0) is 37.5 Å². The van der Waals surface area contributed by atoms with Crippen molar-refractivity contribution < 1.29 is 4.79 Å². The van der Waals surface area contributed by atoms with Crippen LogP contribution in [0, 0.1) is 0 Å². The van der Waals surface area contributed by atoms with Crippen LogP contribution in [0.1, 0.15) is 44.5 Å². The molecule has 2 aromatic carbocycles. The van der Waals surface area contributed by atoms with Crippen LogP contribution in [0.4, 0.5) is 0 Å². The fraction of sp³-hybridized carbons (Fsp3) is 0.318. The molecule has 0 aliphatic heterocycles. The molecule has 0 radical (unpaired) electrons. The second-order valence-corrected chi connectivity index (χ2v) is 7.16. The van der Waals surface area contributed by atoms with E-state index >= 15 is 0 Å². The number of aromatic nitrogens is 2. The number of fused-ring (bicyclic) bond motifs is 1. The zero-order valence-corrected chi connectivity index (χ0v) is 16.0. The van der Waals surface area contributed by atoms with Gasteiger partial charge in [-0.3, -0.25) is 9.59 Å². The standard InChI is InChI=1S/C22H25N3O2/c1-15(2)25(21(26)13-16(3)17-9-5-4-6-10-17)14-20-23-19-12-8-7-11-18(19)22(27)24-20/h4-12,15-16H,13-14H2,1-3H3,(H,23,24,27). The molecule has 1 aromatic heterocycles. The molecule has 1 N–H and O–H groups in total. The molecule has 0 bridgehead atoms. The van der Waals surface area contributed by atoms with Crippen LogP contribution in [0.2, 0.25) is 0 Å². The number of hydrogen-bond acceptors (Lipinski definition) is 3. The Morgan fingerprint density at radius 3 is 2.41 bits per heavy atom. The maximum atomic E-state index is 12.9. The van der Waals surface area contributed by atoms with Gasteiger partial charge in [0, 0.05) is 12.5 Å². The quantitative estimate of drug-likeness (QED) is 0.723. The molecule has 0 aliphatic carbocycles. The van der Waals surface area contributed by atoms with E-state index in [1.165, 1.54) is 0 Å². The normalized spacial score (nSPS) is 12.3. The number of para-hydroxylation sites is 1. The molecule has 0 fully saturated rings. The molecule has 1 unspecified atom stereocenters. The highest BCUT2D eigenvalue weighted by atomic mass is 16.2. The van der Waals surface area contributed by atoms with Crippen molar-refractivity contribution in [3.8, 4) is 0 Å². The monoisotopic (exact) mass is 363 g/mol. The molecule has 0 spiro atoms. The van der Waals surface area contributed by atoms with Gasteiger partial charge in [0.05, 0.1) is 17.4 Å². The van der Waals surface area contributed by atoms with Gasteiger partial charge in [0.1, 0.15) is 5.82 Å². The summed E-state index contributed by atoms with van der Waals surface area (Å²) in [6, 6.07) is 17.3. The number of aromatic amines is 1. The molecule has 0 saturated carbocycles. The lowest BCUT2D eigenvalue weighted by Gasteiger charge is -2.27. The van der Waals surface area contributed by atoms with Crippen LogP contribution in [0.5, 0.6) is 0 Å². The fourth-order valence-corrected chi connectivity index (χ4v) is 3.21. The number of rotatable bonds is 6. The van der Waals surface area contributed by atoms with E-state index in [1.54, 1.807) is 11.0 Å². The number of benzene rings is 2. The van der Waals surface area contributed by atoms with Crippen LogP contribution in [0.25, 0.3) is 10.9 Å². The number of hydrogen-bond donors (Lipinski definition) is 1. The Bertz CT molecular complexity index is 980. The Morgan fingerprint density at radius 2 is 1.70 bits per heavy atom. The topological polar surface area (TPSA) is 66.1 Å². The van der Waals surface area contributed by atoms with E-state index < -0.39 is 0 Å². The van der Waals surface area contributed by atoms with E-state index in [4.69, 9.17) is 0 Å². The largest absolute Gasteiger partial charge is 0.333 e. The summed E-state index contributed by atoms with van der Waals surface area (Å²) < 4.78 is 0. The third-order valence-corrected chi connectivity index (χ3v) is 4.78. The van der Waals surface area contributed by atoms with Crippen molar-refractivity contribution in [3.05, 3.63) is 76.3 Å². The molecular weight excluding hydrogens is 338 g/mol. The second-order valence-electron chi connectivity index (χ2n) is 7.16. The zero-order valence-electron chi connectivity index (χ0n) is 16.0. The van der Waals surface area contributed by atoms with Crippen molar-refractivity contribution in [2.24, 2.45) is 0 Å². The summed E-state index contributed by atoms with van der Waals surface area (Å²) in [7, 11) is 0. The van der Waals surface area contributed by atoms with E-state index in [0.29, 0.717) is 23.1 Å². The third kappa shape index (κ3) is 4.42. The van der Waals surface area contributed by atoms with Gasteiger partial charge in [-0.1, -0.05) is 49.4 Å². The van der Waals surface area contributed by atoms with E-state index in [1.807, 2.05) is 62.4 Å². The Labute approximate surface area is 159 Å². The van der Waals surface area contributed by atoms with E-state index in [9.17, 15) is 9.59 Å². The molecule has 5 nitrogen and oxygen atoms in total. The minimum absolute atomic E-state index is 0.0113. The van der Waals surface area contributed by atoms with E-state index in [-0.39, 0.29) is 30.0 Å². The first-order valence-corrected chi connectivity index (χ1v) is 9.28. The first-order valence-electron chi connectivity index (χ1n) is 9.28. The second kappa shape index (κ2) is 8.16. The van der Waals surface area contributed by atoms with Crippen LogP contribution in [-0.4, -0.2) is 26.8 Å². The average molecular weight is 363 g/mol. The lowest BCUT2D eigenvalue weighted by molar-refractivity contribution is -0.134. The minimum Gasteiger partial charge on any atom is -0.333 e. The van der Waals surface area contributed by atoms with Crippen LogP contribution >= 0.6 is 0 Å². The van der Waals surface area contributed by atoms with Crippen LogP contribution in [0.3, 0.4) is 0 Å². The van der Waals surface area contributed by atoms with Crippen molar-refractivity contribution in [3.63, 3.8) is 0 Å². The summed E-state index contributed by atoms with van der Waals surface area (Å²) >= 11 is 0. The van der Waals surface area contributed by atoms with Gasteiger partial charge in [0.15, 0.2) is 0 Å². The van der Waals surface area contributed by atoms with Crippen LogP contribution < -0.4 is 5.56 Å². The highest BCUT2D eigenvalue weighted by Gasteiger charge is 2.21. The zero-order chi connectivity index (χ0) is 19.4. The maximum absolute atomic E-state index is 12.9. The van der Waals surface area contributed by atoms with Crippen molar-refractivity contribution in [2.75, 3.05) is 0 Å². The molecule has 0 saturated heterocycles. The molecule has 1 atom stereocenters. The molecule has 27 heavy (non-hydrogen) atoms. The number of nitrogens with zero attached hydrogens (tertiary/aromatic N) is 2. The number of H-pyrrole nitrogens is 1. The van der Waals surface area contributed by atoms with Gasteiger partial charge in [-0.15, -0.1) is 0 Å². The Hall–Kier alpha value is -2.95. The highest BCUT2D eigenvalue weighted by Crippen LogP contribution is 2.21. The maximum Gasteiger partial charge on any atom is 0.258 e. The first-order chi connectivity index (χ1) is 13.0. The molecular formula is C22H25N3O2. The Kier molecular flexibility index (Phi) is 5.69. The van der Waals surface area contributed by atoms with Crippen LogP contribution in [0.15, 0.2) is 59.4 Å². The highest BCUT2D eigenvalue weighted by molar-refractivity contribution is 5.78. The van der Waals surface area contributed by atoms with Gasteiger partial charge in [0.2, 0.25) is 5.91 Å². The molecule has 3 rings (SSSR count). The Morgan fingerprint density at radius 1 is 1.04 bits per heavy atom. The average Bonchev–Trinajstić information content (AvgIpc) is 2.66. The van der Waals surface area contributed by atoms with E-state index in [2.05, 4.69) is 16.9 Å². The number of carbonyl (C=O) groups excluding carboxylic acids is 1. The smallest absolute Gasteiger partial charge is 0.258 e. The molecule has 3 aromatic rings. The van der Waals surface area contributed by atoms with Crippen molar-refractivity contribution in [1.29, 1.82) is 0 Å². The summed E-state index contributed by atoms with van der Waals surface area (Å²) in [5, 5.41) is 0.557. The number of carbonyl (C=O) groups is 1. The van der Waals surface area contributed by atoms with Crippen molar-refractivity contribution in [2.45, 2.75) is 45.7 Å². The molecule has 140 valence electrons. The van der Waals surface area contributed by atoms with Gasteiger partial charge >= 0.3 is 0 Å². The van der Waals surface area contributed by atoms with Crippen molar-refractivity contribution in [1.82, 2.24) is 14.9 Å². The summed E-state index contributed by atoms with van der Waals surface area (Å²) in [4.78, 5) is 34.3.